The molecular formula is C14H22N2O. The minimum Gasteiger partial charge on any atom is -0.481 e. The predicted molar refractivity (Wildman–Crippen MR) is 69.3 cm³/mol. The average molecular weight is 234 g/mol. The lowest BCUT2D eigenvalue weighted by molar-refractivity contribution is 0.204. The van der Waals surface area contributed by atoms with Crippen LogP contribution in [0.2, 0.25) is 0 Å². The van der Waals surface area contributed by atoms with Crippen molar-refractivity contribution in [2.24, 2.45) is 0 Å². The van der Waals surface area contributed by atoms with Gasteiger partial charge in [-0.1, -0.05) is 6.07 Å². The number of hydrogen-bond acceptors (Lipinski definition) is 3. The van der Waals surface area contributed by atoms with Crippen molar-refractivity contribution in [3.63, 3.8) is 0 Å². The van der Waals surface area contributed by atoms with Gasteiger partial charge in [0.25, 0.3) is 0 Å². The molecule has 0 aliphatic carbocycles. The Balaban J connectivity index is 2.27. The molecule has 94 valence electrons. The molecule has 0 spiro atoms. The molecule has 0 bridgehead atoms. The molecule has 3 nitrogen and oxygen atoms in total. The Bertz CT molecular complexity index is 390. The van der Waals surface area contributed by atoms with Crippen LogP contribution in [0.25, 0.3) is 0 Å². The number of ether oxygens (including phenoxy) is 1. The van der Waals surface area contributed by atoms with E-state index in [1.165, 1.54) is 24.9 Å². The van der Waals surface area contributed by atoms with Crippen molar-refractivity contribution in [3.8, 4) is 5.88 Å². The van der Waals surface area contributed by atoms with Crippen LogP contribution in [0.5, 0.6) is 5.88 Å². The zero-order chi connectivity index (χ0) is 12.4. The quantitative estimate of drug-likeness (QED) is 0.804. The monoisotopic (exact) mass is 234 g/mol. The highest BCUT2D eigenvalue weighted by Gasteiger charge is 2.29. The maximum atomic E-state index is 5.16. The summed E-state index contributed by atoms with van der Waals surface area (Å²) in [6.45, 7) is 7.82. The second-order valence-corrected chi connectivity index (χ2v) is 5.02. The number of likely N-dealkylation sites (tertiary alicyclic amines) is 1. The van der Waals surface area contributed by atoms with Gasteiger partial charge >= 0.3 is 0 Å². The summed E-state index contributed by atoms with van der Waals surface area (Å²) in [6, 6.07) is 5.28. The van der Waals surface area contributed by atoms with Crippen molar-refractivity contribution >= 4 is 0 Å². The molecule has 1 aliphatic rings. The third-order valence-corrected chi connectivity index (χ3v) is 3.63. The Morgan fingerprint density at radius 1 is 1.41 bits per heavy atom. The third-order valence-electron chi connectivity index (χ3n) is 3.63. The van der Waals surface area contributed by atoms with Crippen LogP contribution in [0.1, 0.15) is 44.0 Å². The minimum atomic E-state index is 0.536. The molecule has 1 aromatic rings. The van der Waals surface area contributed by atoms with Crippen LogP contribution < -0.4 is 4.74 Å². The van der Waals surface area contributed by atoms with E-state index < -0.39 is 0 Å². The molecule has 0 aromatic carbocycles. The van der Waals surface area contributed by atoms with Gasteiger partial charge in [-0.25, -0.2) is 4.98 Å². The smallest absolute Gasteiger partial charge is 0.213 e. The molecule has 1 saturated heterocycles. The summed E-state index contributed by atoms with van der Waals surface area (Å²) in [5.41, 5.74) is 2.46. The van der Waals surface area contributed by atoms with Crippen LogP contribution >= 0.6 is 0 Å². The molecule has 1 atom stereocenters. The largest absolute Gasteiger partial charge is 0.481 e. The first kappa shape index (κ1) is 12.4. The molecule has 0 N–H and O–H groups in total. The summed E-state index contributed by atoms with van der Waals surface area (Å²) in [4.78, 5) is 7.05. The fourth-order valence-electron chi connectivity index (χ4n) is 2.76. The molecule has 2 rings (SSSR count). The lowest BCUT2D eigenvalue weighted by Crippen LogP contribution is -2.30. The van der Waals surface area contributed by atoms with E-state index in [1.807, 2.05) is 6.07 Å². The number of pyridine rings is 1. The number of methoxy groups -OCH3 is 1. The maximum Gasteiger partial charge on any atom is 0.213 e. The Labute approximate surface area is 104 Å². The van der Waals surface area contributed by atoms with Gasteiger partial charge in [0, 0.05) is 23.8 Å². The van der Waals surface area contributed by atoms with E-state index in [0.29, 0.717) is 18.0 Å². The number of rotatable bonds is 3. The van der Waals surface area contributed by atoms with E-state index >= 15 is 0 Å². The summed E-state index contributed by atoms with van der Waals surface area (Å²) in [5.74, 6) is 0.709. The standard InChI is InChI=1S/C14H22N2O/c1-10(2)16-9-5-6-13(16)12-7-8-14(17-4)15-11(12)3/h7-8,10,13H,5-6,9H2,1-4H3/t13-/m1/s1. The Hall–Kier alpha value is -1.09. The molecule has 3 heteroatoms. The number of hydrogen-bond donors (Lipinski definition) is 0. The van der Waals surface area contributed by atoms with Gasteiger partial charge in [0.05, 0.1) is 7.11 Å². The van der Waals surface area contributed by atoms with Gasteiger partial charge in [0.1, 0.15) is 0 Å². The molecule has 0 saturated carbocycles. The average Bonchev–Trinajstić information content (AvgIpc) is 2.77. The first-order valence-electron chi connectivity index (χ1n) is 6.40. The van der Waals surface area contributed by atoms with Crippen LogP contribution in [0.3, 0.4) is 0 Å². The molecule has 0 amide bonds. The van der Waals surface area contributed by atoms with Crippen molar-refractivity contribution in [1.82, 2.24) is 9.88 Å². The van der Waals surface area contributed by atoms with E-state index in [4.69, 9.17) is 4.74 Å². The normalized spacial score (nSPS) is 21.1. The highest BCUT2D eigenvalue weighted by Crippen LogP contribution is 2.35. The number of nitrogens with zero attached hydrogens (tertiary/aromatic N) is 2. The van der Waals surface area contributed by atoms with Crippen molar-refractivity contribution in [3.05, 3.63) is 23.4 Å². The summed E-state index contributed by atoms with van der Waals surface area (Å²) in [5, 5.41) is 0. The first-order chi connectivity index (χ1) is 8.13. The van der Waals surface area contributed by atoms with Gasteiger partial charge in [-0.15, -0.1) is 0 Å². The first-order valence-corrected chi connectivity index (χ1v) is 6.40. The Kier molecular flexibility index (Phi) is 3.67. The van der Waals surface area contributed by atoms with Gasteiger partial charge in [0.2, 0.25) is 5.88 Å². The predicted octanol–water partition coefficient (Wildman–Crippen LogP) is 2.94. The van der Waals surface area contributed by atoms with Crippen molar-refractivity contribution < 1.29 is 4.74 Å². The van der Waals surface area contributed by atoms with Gasteiger partial charge in [-0.3, -0.25) is 4.90 Å². The molecule has 0 radical (unpaired) electrons. The topological polar surface area (TPSA) is 25.4 Å². The lowest BCUT2D eigenvalue weighted by atomic mass is 10.0. The van der Waals surface area contributed by atoms with E-state index in [1.54, 1.807) is 7.11 Å². The van der Waals surface area contributed by atoms with Crippen LogP contribution in [-0.4, -0.2) is 29.6 Å². The SMILES string of the molecule is COc1ccc([C@H]2CCCN2C(C)C)c(C)n1. The highest BCUT2D eigenvalue weighted by molar-refractivity contribution is 5.28. The fraction of sp³-hybridized carbons (Fsp3) is 0.643. The summed E-state index contributed by atoms with van der Waals surface area (Å²) >= 11 is 0. The maximum absolute atomic E-state index is 5.16. The third kappa shape index (κ3) is 2.44. The zero-order valence-electron chi connectivity index (χ0n) is 11.2. The molecular weight excluding hydrogens is 212 g/mol. The minimum absolute atomic E-state index is 0.536. The molecule has 1 aromatic heterocycles. The van der Waals surface area contributed by atoms with Gasteiger partial charge in [0.15, 0.2) is 0 Å². The lowest BCUT2D eigenvalue weighted by Gasteiger charge is -2.29. The second-order valence-electron chi connectivity index (χ2n) is 5.02. The molecule has 2 heterocycles. The van der Waals surface area contributed by atoms with E-state index in [-0.39, 0.29) is 0 Å². The molecule has 1 fully saturated rings. The Morgan fingerprint density at radius 2 is 2.18 bits per heavy atom. The van der Waals surface area contributed by atoms with E-state index in [9.17, 15) is 0 Å². The van der Waals surface area contributed by atoms with E-state index in [0.717, 1.165) is 5.69 Å². The summed E-state index contributed by atoms with van der Waals surface area (Å²) in [7, 11) is 1.66. The van der Waals surface area contributed by atoms with E-state index in [2.05, 4.69) is 36.7 Å². The Morgan fingerprint density at radius 3 is 2.76 bits per heavy atom. The summed E-state index contributed by atoms with van der Waals surface area (Å²) in [6.07, 6.45) is 2.53. The number of aryl methyl sites for hydroxylation is 1. The molecule has 1 aliphatic heterocycles. The zero-order valence-corrected chi connectivity index (χ0v) is 11.2. The van der Waals surface area contributed by atoms with Gasteiger partial charge in [-0.2, -0.15) is 0 Å². The van der Waals surface area contributed by atoms with Crippen molar-refractivity contribution in [2.45, 2.75) is 45.7 Å². The van der Waals surface area contributed by atoms with Crippen molar-refractivity contribution in [1.29, 1.82) is 0 Å². The summed E-state index contributed by atoms with van der Waals surface area (Å²) < 4.78 is 5.16. The van der Waals surface area contributed by atoms with Crippen molar-refractivity contribution in [2.75, 3.05) is 13.7 Å². The van der Waals surface area contributed by atoms with Gasteiger partial charge in [-0.05, 0) is 45.7 Å². The molecule has 0 unspecified atom stereocenters. The van der Waals surface area contributed by atoms with Crippen LogP contribution in [0, 0.1) is 6.92 Å². The molecule has 17 heavy (non-hydrogen) atoms. The van der Waals surface area contributed by atoms with Crippen LogP contribution in [0.15, 0.2) is 12.1 Å². The highest BCUT2D eigenvalue weighted by atomic mass is 16.5. The van der Waals surface area contributed by atoms with Gasteiger partial charge < -0.3 is 4.74 Å². The second kappa shape index (κ2) is 5.05. The van der Waals surface area contributed by atoms with Crippen LogP contribution in [-0.2, 0) is 0 Å². The van der Waals surface area contributed by atoms with Crippen LogP contribution in [0.4, 0.5) is 0 Å². The fourth-order valence-corrected chi connectivity index (χ4v) is 2.76. The number of aromatic nitrogens is 1.